The highest BCUT2D eigenvalue weighted by Crippen LogP contribution is 2.47. The van der Waals surface area contributed by atoms with Crippen LogP contribution in [0.1, 0.15) is 85.4 Å². The minimum atomic E-state index is -1.23. The van der Waals surface area contributed by atoms with Gasteiger partial charge in [-0.25, -0.2) is 4.39 Å². The second-order valence-electron chi connectivity index (χ2n) is 10.6. The fourth-order valence-electron chi connectivity index (χ4n) is 5.37. The molecular formula is C23H40FN5O2. The lowest BCUT2D eigenvalue weighted by Gasteiger charge is -2.52. The number of H-pyrrole nitrogens is 1. The van der Waals surface area contributed by atoms with E-state index in [0.717, 1.165) is 25.8 Å². The van der Waals surface area contributed by atoms with Crippen LogP contribution in [0.25, 0.3) is 0 Å². The van der Waals surface area contributed by atoms with E-state index in [1.807, 2.05) is 0 Å². The molecule has 8 heteroatoms. The number of ether oxygens (including phenoxy) is 1. The number of aromatic nitrogens is 4. The summed E-state index contributed by atoms with van der Waals surface area (Å²) in [6.45, 7) is 12.0. The van der Waals surface area contributed by atoms with E-state index in [1.54, 1.807) is 0 Å². The predicted molar refractivity (Wildman–Crippen MR) is 117 cm³/mol. The molecule has 0 radical (unpaired) electrons. The molecule has 2 heterocycles. The lowest BCUT2D eigenvalue weighted by molar-refractivity contribution is -0.160. The topological polar surface area (TPSA) is 84.0 Å². The summed E-state index contributed by atoms with van der Waals surface area (Å²) in [5, 5.41) is 13.9. The van der Waals surface area contributed by atoms with Gasteiger partial charge < -0.3 is 4.74 Å². The van der Waals surface area contributed by atoms with Gasteiger partial charge in [0.2, 0.25) is 0 Å². The average molecular weight is 438 g/mol. The van der Waals surface area contributed by atoms with Crippen LogP contribution in [0.2, 0.25) is 0 Å². The molecule has 1 aliphatic heterocycles. The number of fused-ring (bicyclic) bond motifs is 1. The smallest absolute Gasteiger partial charge is 0.323 e. The lowest BCUT2D eigenvalue weighted by Crippen LogP contribution is -2.60. The number of nitrogens with zero attached hydrogens (tertiary/aromatic N) is 4. The van der Waals surface area contributed by atoms with E-state index in [0.29, 0.717) is 56.4 Å². The van der Waals surface area contributed by atoms with E-state index in [4.69, 9.17) is 4.74 Å². The Morgan fingerprint density at radius 3 is 2.68 bits per heavy atom. The first-order valence-corrected chi connectivity index (χ1v) is 12.0. The van der Waals surface area contributed by atoms with Gasteiger partial charge >= 0.3 is 5.97 Å². The number of rotatable bonds is 8. The molecule has 1 aliphatic carbocycles. The second-order valence-corrected chi connectivity index (χ2v) is 10.6. The van der Waals surface area contributed by atoms with Crippen molar-refractivity contribution in [3.05, 3.63) is 5.82 Å². The van der Waals surface area contributed by atoms with Gasteiger partial charge in [-0.15, -0.1) is 10.2 Å². The molecule has 4 unspecified atom stereocenters. The minimum Gasteiger partial charge on any atom is -0.464 e. The molecule has 1 saturated carbocycles. The number of nitrogens with one attached hydrogen (secondary N) is 1. The van der Waals surface area contributed by atoms with Gasteiger partial charge in [-0.3, -0.25) is 9.69 Å². The van der Waals surface area contributed by atoms with Crippen LogP contribution >= 0.6 is 0 Å². The number of aromatic amines is 1. The summed E-state index contributed by atoms with van der Waals surface area (Å²) < 4.78 is 21.5. The van der Waals surface area contributed by atoms with Crippen molar-refractivity contribution < 1.29 is 13.9 Å². The first kappa shape index (κ1) is 24.1. The largest absolute Gasteiger partial charge is 0.464 e. The highest BCUT2D eigenvalue weighted by molar-refractivity contribution is 5.76. The second kappa shape index (κ2) is 9.92. The van der Waals surface area contributed by atoms with Crippen molar-refractivity contribution in [1.29, 1.82) is 0 Å². The van der Waals surface area contributed by atoms with Crippen molar-refractivity contribution in [3.63, 3.8) is 0 Å². The number of piperidine rings is 1. The van der Waals surface area contributed by atoms with Gasteiger partial charge in [0.05, 0.1) is 6.61 Å². The van der Waals surface area contributed by atoms with E-state index in [2.05, 4.69) is 60.1 Å². The van der Waals surface area contributed by atoms with Gasteiger partial charge in [-0.1, -0.05) is 31.9 Å². The Morgan fingerprint density at radius 1 is 1.32 bits per heavy atom. The van der Waals surface area contributed by atoms with Gasteiger partial charge in [0, 0.05) is 18.5 Å². The Hall–Kier alpha value is -1.57. The highest BCUT2D eigenvalue weighted by Gasteiger charge is 2.49. The fraction of sp³-hybridized carbons (Fsp3) is 0.913. The van der Waals surface area contributed by atoms with Crippen molar-refractivity contribution in [1.82, 2.24) is 25.5 Å². The van der Waals surface area contributed by atoms with Crippen LogP contribution in [0.15, 0.2) is 0 Å². The van der Waals surface area contributed by atoms with Crippen molar-refractivity contribution in [2.24, 2.45) is 17.8 Å². The molecule has 1 aromatic heterocycles. The summed E-state index contributed by atoms with van der Waals surface area (Å²) in [7, 11) is 0. The molecule has 0 spiro atoms. The number of hydrogen-bond acceptors (Lipinski definition) is 6. The number of carbonyl (C=O) groups is 1. The zero-order valence-electron chi connectivity index (χ0n) is 19.9. The van der Waals surface area contributed by atoms with Gasteiger partial charge in [0.15, 0.2) is 5.82 Å². The fourth-order valence-corrected chi connectivity index (χ4v) is 5.37. The van der Waals surface area contributed by atoms with E-state index in [1.165, 1.54) is 0 Å². The lowest BCUT2D eigenvalue weighted by atomic mass is 9.66. The third kappa shape index (κ3) is 6.02. The summed E-state index contributed by atoms with van der Waals surface area (Å²) >= 11 is 0. The van der Waals surface area contributed by atoms with Crippen LogP contribution in [0.4, 0.5) is 4.39 Å². The number of hydrogen-bond donors (Lipinski definition) is 1. The highest BCUT2D eigenvalue weighted by atomic mass is 19.1. The maximum Gasteiger partial charge on any atom is 0.323 e. The van der Waals surface area contributed by atoms with E-state index >= 15 is 4.39 Å². The molecule has 31 heavy (non-hydrogen) atoms. The van der Waals surface area contributed by atoms with Crippen LogP contribution in [0.3, 0.4) is 0 Å². The SMILES string of the molecule is CCC(CC)COC(=O)C1CC2CC(F)(CCc3nn[nH]n3)CCC2CN1C(C)(C)C. The Kier molecular flexibility index (Phi) is 7.71. The molecule has 2 fully saturated rings. The van der Waals surface area contributed by atoms with E-state index in [9.17, 15) is 4.79 Å². The van der Waals surface area contributed by atoms with Crippen molar-refractivity contribution >= 4 is 5.97 Å². The molecule has 176 valence electrons. The number of halogens is 1. The number of aryl methyl sites for hydroxylation is 1. The molecule has 0 amide bonds. The summed E-state index contributed by atoms with van der Waals surface area (Å²) in [5.74, 6) is 1.46. The van der Waals surface area contributed by atoms with Crippen LogP contribution in [-0.2, 0) is 16.0 Å². The molecule has 1 aromatic rings. The number of tetrazole rings is 1. The van der Waals surface area contributed by atoms with Gasteiger partial charge in [0.25, 0.3) is 0 Å². The molecule has 4 atom stereocenters. The Labute approximate surface area is 185 Å². The number of esters is 1. The Bertz CT molecular complexity index is 703. The average Bonchev–Trinajstić information content (AvgIpc) is 3.25. The van der Waals surface area contributed by atoms with Gasteiger partial charge in [-0.05, 0) is 70.6 Å². The molecule has 0 bridgehead atoms. The molecule has 1 saturated heterocycles. The third-order valence-electron chi connectivity index (χ3n) is 7.53. The normalized spacial score (nSPS) is 29.7. The summed E-state index contributed by atoms with van der Waals surface area (Å²) in [6.07, 6.45) is 5.51. The van der Waals surface area contributed by atoms with Gasteiger partial charge in [-0.2, -0.15) is 5.21 Å². The van der Waals surface area contributed by atoms with Crippen LogP contribution in [-0.4, -0.2) is 61.9 Å². The summed E-state index contributed by atoms with van der Waals surface area (Å²) in [4.78, 5) is 15.4. The number of carbonyl (C=O) groups excluding carboxylic acids is 1. The molecule has 3 rings (SSSR count). The molecule has 0 aromatic carbocycles. The molecule has 7 nitrogen and oxygen atoms in total. The Balaban J connectivity index is 1.67. The first-order chi connectivity index (χ1) is 14.6. The minimum absolute atomic E-state index is 0.132. The standard InChI is InChI=1S/C23H40FN5O2/c1-6-16(7-2)15-31-21(30)19-12-18-13-23(24,11-9-20-25-27-28-26-20)10-8-17(18)14-29(19)22(3,4)5/h16-19H,6-15H2,1-5H3,(H,25,26,27,28). The summed E-state index contributed by atoms with van der Waals surface area (Å²) in [6, 6.07) is -0.296. The van der Waals surface area contributed by atoms with Crippen LogP contribution < -0.4 is 0 Å². The van der Waals surface area contributed by atoms with E-state index in [-0.39, 0.29) is 23.5 Å². The maximum absolute atomic E-state index is 15.7. The zero-order valence-corrected chi connectivity index (χ0v) is 19.9. The molecule has 2 aliphatic rings. The van der Waals surface area contributed by atoms with Crippen molar-refractivity contribution in [2.75, 3.05) is 13.2 Å². The quantitative estimate of drug-likeness (QED) is 0.616. The monoisotopic (exact) mass is 437 g/mol. The number of likely N-dealkylation sites (tertiary alicyclic amines) is 1. The predicted octanol–water partition coefficient (Wildman–Crippen LogP) is 4.11. The molecular weight excluding hydrogens is 397 g/mol. The van der Waals surface area contributed by atoms with E-state index < -0.39 is 5.67 Å². The van der Waals surface area contributed by atoms with Crippen molar-refractivity contribution in [2.45, 2.75) is 103 Å². The Morgan fingerprint density at radius 2 is 2.06 bits per heavy atom. The number of alkyl halides is 1. The zero-order chi connectivity index (χ0) is 22.6. The molecule has 1 N–H and O–H groups in total. The van der Waals surface area contributed by atoms with Crippen LogP contribution in [0.5, 0.6) is 0 Å². The first-order valence-electron chi connectivity index (χ1n) is 12.0. The summed E-state index contributed by atoms with van der Waals surface area (Å²) in [5.41, 5.74) is -1.36. The van der Waals surface area contributed by atoms with Gasteiger partial charge in [0.1, 0.15) is 11.7 Å². The van der Waals surface area contributed by atoms with Crippen molar-refractivity contribution in [3.8, 4) is 0 Å². The van der Waals surface area contributed by atoms with Crippen LogP contribution in [0, 0.1) is 17.8 Å². The maximum atomic E-state index is 15.7. The third-order valence-corrected chi connectivity index (χ3v) is 7.53.